The molecule has 8 bridgehead atoms. The first kappa shape index (κ1) is 48.2. The van der Waals surface area contributed by atoms with Gasteiger partial charge in [-0.2, -0.15) is 26.3 Å². The lowest BCUT2D eigenvalue weighted by Crippen LogP contribution is -2.40. The first-order valence-corrected chi connectivity index (χ1v) is 22.5. The molecule has 2 aromatic heterocycles. The van der Waals surface area contributed by atoms with Crippen molar-refractivity contribution < 1.29 is 50.2 Å². The van der Waals surface area contributed by atoms with Gasteiger partial charge in [-0.25, -0.2) is 9.97 Å². The number of nitrogens with one attached hydrogen (secondary N) is 2. The van der Waals surface area contributed by atoms with Crippen molar-refractivity contribution in [1.82, 2.24) is 24.8 Å². The van der Waals surface area contributed by atoms with Gasteiger partial charge >= 0.3 is 18.3 Å². The second-order valence-corrected chi connectivity index (χ2v) is 17.5. The van der Waals surface area contributed by atoms with Crippen molar-refractivity contribution in [2.24, 2.45) is 0 Å². The van der Waals surface area contributed by atoms with E-state index in [9.17, 15) is 35.9 Å². The molecular weight excluding hydrogens is 865 g/mol. The summed E-state index contributed by atoms with van der Waals surface area (Å²) in [5.41, 5.74) is 4.31. The largest absolute Gasteiger partial charge is 0.469 e. The smallest absolute Gasteiger partial charge is 0.416 e. The van der Waals surface area contributed by atoms with Crippen LogP contribution >= 0.6 is 0 Å². The molecule has 0 saturated heterocycles. The summed E-state index contributed by atoms with van der Waals surface area (Å²) >= 11 is 0. The predicted octanol–water partition coefficient (Wildman–Crippen LogP) is 12.7. The normalized spacial score (nSPS) is 17.5. The molecule has 0 fully saturated rings. The van der Waals surface area contributed by atoms with Crippen molar-refractivity contribution in [1.29, 1.82) is 0 Å². The van der Waals surface area contributed by atoms with Crippen LogP contribution in [0, 0.1) is 6.92 Å². The Balaban J connectivity index is 1.50. The van der Waals surface area contributed by atoms with Crippen LogP contribution in [0.4, 0.5) is 26.3 Å². The molecule has 3 atom stereocenters. The number of alkyl halides is 6. The summed E-state index contributed by atoms with van der Waals surface area (Å²) < 4.78 is 95.7. The van der Waals surface area contributed by atoms with Gasteiger partial charge in [-0.3, -0.25) is 19.3 Å². The number of aromatic amines is 2. The summed E-state index contributed by atoms with van der Waals surface area (Å²) in [5, 5.41) is 0. The number of amides is 2. The van der Waals surface area contributed by atoms with E-state index in [1.807, 2.05) is 46.8 Å². The van der Waals surface area contributed by atoms with Crippen LogP contribution in [0.25, 0.3) is 33.3 Å². The molecule has 2 N–H and O–H groups in total. The fourth-order valence-corrected chi connectivity index (χ4v) is 9.55. The van der Waals surface area contributed by atoms with Gasteiger partial charge in [0.2, 0.25) is 0 Å². The van der Waals surface area contributed by atoms with Crippen molar-refractivity contribution in [2.45, 2.75) is 137 Å². The molecule has 6 heterocycles. The molecule has 1 aromatic carbocycles. The van der Waals surface area contributed by atoms with Crippen molar-refractivity contribution in [3.63, 3.8) is 0 Å². The molecule has 1 unspecified atom stereocenters. The summed E-state index contributed by atoms with van der Waals surface area (Å²) in [6, 6.07) is 6.65. The van der Waals surface area contributed by atoms with Gasteiger partial charge in [0.15, 0.2) is 0 Å². The zero-order valence-corrected chi connectivity index (χ0v) is 38.4. The topological polar surface area (TPSA) is 130 Å². The molecule has 4 aliphatic rings. The van der Waals surface area contributed by atoms with E-state index in [2.05, 4.69) is 16.9 Å². The lowest BCUT2D eigenvalue weighted by atomic mass is 9.84. The highest BCUT2D eigenvalue weighted by atomic mass is 19.4. The number of aromatic nitrogens is 4. The van der Waals surface area contributed by atoms with Crippen LogP contribution in [0.2, 0.25) is 0 Å². The molecule has 3 aromatic rings. The van der Waals surface area contributed by atoms with Gasteiger partial charge in [0.05, 0.1) is 70.3 Å². The number of benzene rings is 1. The lowest BCUT2D eigenvalue weighted by molar-refractivity contribution is -0.143. The van der Waals surface area contributed by atoms with Gasteiger partial charge in [0, 0.05) is 47.3 Å². The van der Waals surface area contributed by atoms with Crippen molar-refractivity contribution in [3.05, 3.63) is 104 Å². The third kappa shape index (κ3) is 9.30. The number of carbonyl (C=O) groups excluding carboxylic acids is 3. The van der Waals surface area contributed by atoms with Crippen LogP contribution in [-0.2, 0) is 33.2 Å². The maximum atomic E-state index is 15.1. The monoisotopic (exact) mass is 919 g/mol. The molecular formula is C50H55F6N5O5. The van der Waals surface area contributed by atoms with Crippen LogP contribution in [0.3, 0.4) is 0 Å². The SMILES string of the molecule is CCCCCCCOC(C)C1=C(C)c2cc3[nH]c(c4c5[nH]c(cc6nc(cc1n2)C(C)=C6CC)c(C)c5C(=O)N(Cc1cc(C(F)(F)F)cc(C(F)(F)F)c1)C4=O)[C@@H](CCC(=O)OC)[C@@H]3C. The van der Waals surface area contributed by atoms with E-state index in [1.165, 1.54) is 13.5 Å². The number of fused-ring (bicyclic) bond motifs is 8. The number of hydrogen-bond acceptors (Lipinski definition) is 7. The number of rotatable bonds is 14. The standard InChI is InChI=1S/C50H55F6N5O5/c1-9-11-12-13-14-17-66-29(7)42-27(5)37-21-36-26(4)34(15-16-41(62)65-8)45(59-36)44-46-43(28(6)38(60-46)22-39-33(10-2)25(3)35(57-39)23-40(42)58-37)47(63)61(48(44)64)24-30-18-31(49(51,52)53)20-32(19-30)50(54,55)56/h18-23,26,29,34,59-60H,9-17,24H2,1-8H3/t26-,29?,34-/m0/s1. The molecule has 16 heteroatoms. The highest BCUT2D eigenvalue weighted by molar-refractivity contribution is 6.23. The number of hydrogen-bond donors (Lipinski definition) is 2. The molecule has 66 heavy (non-hydrogen) atoms. The third-order valence-electron chi connectivity index (χ3n) is 13.3. The quantitative estimate of drug-likeness (QED) is 0.0712. The number of methoxy groups -OCH3 is 1. The van der Waals surface area contributed by atoms with E-state index in [1.54, 1.807) is 13.0 Å². The van der Waals surface area contributed by atoms with E-state index < -0.39 is 65.2 Å². The summed E-state index contributed by atoms with van der Waals surface area (Å²) in [4.78, 5) is 60.1. The van der Waals surface area contributed by atoms with Gasteiger partial charge < -0.3 is 19.4 Å². The van der Waals surface area contributed by atoms with Gasteiger partial charge in [-0.1, -0.05) is 46.5 Å². The Morgan fingerprint density at radius 2 is 1.44 bits per heavy atom. The van der Waals surface area contributed by atoms with Gasteiger partial charge in [0.25, 0.3) is 11.8 Å². The van der Waals surface area contributed by atoms with Crippen molar-refractivity contribution in [2.75, 3.05) is 13.7 Å². The van der Waals surface area contributed by atoms with E-state index in [-0.39, 0.29) is 41.7 Å². The Labute approximate surface area is 379 Å². The van der Waals surface area contributed by atoms with Crippen LogP contribution < -0.4 is 0 Å². The van der Waals surface area contributed by atoms with Crippen LogP contribution in [-0.4, -0.2) is 62.4 Å². The lowest BCUT2D eigenvalue weighted by Gasteiger charge is -2.28. The number of esters is 1. The first-order valence-electron chi connectivity index (χ1n) is 22.5. The number of carbonyl (C=O) groups is 3. The average Bonchev–Trinajstić information content (AvgIpc) is 3.94. The van der Waals surface area contributed by atoms with Gasteiger partial charge in [-0.15, -0.1) is 0 Å². The molecule has 7 rings (SSSR count). The Hall–Kier alpha value is -5.77. The van der Waals surface area contributed by atoms with E-state index in [4.69, 9.17) is 19.4 Å². The highest BCUT2D eigenvalue weighted by Crippen LogP contribution is 2.46. The molecule has 4 aliphatic heterocycles. The third-order valence-corrected chi connectivity index (χ3v) is 13.3. The Kier molecular flexibility index (Phi) is 13.8. The zero-order valence-electron chi connectivity index (χ0n) is 38.4. The van der Waals surface area contributed by atoms with E-state index in [0.717, 1.165) is 48.0 Å². The molecule has 352 valence electrons. The number of imide groups is 1. The summed E-state index contributed by atoms with van der Waals surface area (Å²) in [5.74, 6) is -3.35. The van der Waals surface area contributed by atoms with Crippen LogP contribution in [0.5, 0.6) is 0 Å². The minimum absolute atomic E-state index is 0.000477. The fraction of sp³-hybridized carbons (Fsp3) is 0.460. The van der Waals surface area contributed by atoms with E-state index >= 15 is 4.79 Å². The Morgan fingerprint density at radius 3 is 2.08 bits per heavy atom. The minimum atomic E-state index is -5.16. The number of allylic oxidation sites excluding steroid dienone is 3. The number of unbranched alkanes of at least 4 members (excludes halogenated alkanes) is 4. The van der Waals surface area contributed by atoms with Crippen molar-refractivity contribution >= 4 is 51.1 Å². The number of aryl methyl sites for hydroxylation is 1. The summed E-state index contributed by atoms with van der Waals surface area (Å²) in [7, 11) is 1.26. The number of halogens is 6. The second-order valence-electron chi connectivity index (χ2n) is 17.5. The maximum Gasteiger partial charge on any atom is 0.416 e. The highest BCUT2D eigenvalue weighted by Gasteiger charge is 2.42. The molecule has 0 radical (unpaired) electrons. The van der Waals surface area contributed by atoms with Gasteiger partial charge in [0.1, 0.15) is 0 Å². The first-order chi connectivity index (χ1) is 31.2. The Morgan fingerprint density at radius 1 is 0.803 bits per heavy atom. The van der Waals surface area contributed by atoms with Gasteiger partial charge in [-0.05, 0) is 111 Å². The molecule has 0 saturated carbocycles. The number of ether oxygens (including phenoxy) is 2. The average molecular weight is 920 g/mol. The Bertz CT molecular complexity index is 2690. The molecule has 0 aliphatic carbocycles. The summed E-state index contributed by atoms with van der Waals surface area (Å²) in [6.45, 7) is 13.4. The molecule has 2 amide bonds. The van der Waals surface area contributed by atoms with Crippen molar-refractivity contribution in [3.8, 4) is 0 Å². The maximum absolute atomic E-state index is 15.1. The van der Waals surface area contributed by atoms with E-state index in [0.29, 0.717) is 75.3 Å². The second kappa shape index (κ2) is 18.8. The predicted molar refractivity (Wildman–Crippen MR) is 240 cm³/mol. The fourth-order valence-electron chi connectivity index (χ4n) is 9.55. The summed E-state index contributed by atoms with van der Waals surface area (Å²) in [6.07, 6.45) is -4.52. The van der Waals surface area contributed by atoms with Crippen LogP contribution in [0.15, 0.2) is 36.4 Å². The zero-order chi connectivity index (χ0) is 48.0. The van der Waals surface area contributed by atoms with Crippen LogP contribution in [0.1, 0.15) is 182 Å². The molecule has 0 spiro atoms. The molecule has 10 nitrogen and oxygen atoms in total. The number of H-pyrrole nitrogens is 2. The minimum Gasteiger partial charge on any atom is -0.469 e. The number of nitrogens with zero attached hydrogens (tertiary/aromatic N) is 3.